The first-order valence-electron chi connectivity index (χ1n) is 24.8. The zero-order valence-electron chi connectivity index (χ0n) is 39.3. The summed E-state index contributed by atoms with van der Waals surface area (Å²) < 4.78 is 17.0. The maximum absolute atomic E-state index is 10.2. The minimum Gasteiger partial charge on any atom is -0.508 e. The third kappa shape index (κ3) is 9.68. The Morgan fingerprint density at radius 2 is 0.956 bits per heavy atom. The van der Waals surface area contributed by atoms with Crippen molar-refractivity contribution < 1.29 is 14.6 Å². The van der Waals surface area contributed by atoms with Crippen LogP contribution in [-0.4, -0.2) is 76.5 Å². The lowest BCUT2D eigenvalue weighted by atomic mass is 10.0. The summed E-state index contributed by atoms with van der Waals surface area (Å²) in [5.74, 6) is 4.18. The van der Waals surface area contributed by atoms with Crippen molar-refractivity contribution in [2.45, 2.75) is 79.8 Å². The number of aromatic nitrogens is 2. The second kappa shape index (κ2) is 20.6. The van der Waals surface area contributed by atoms with Crippen LogP contribution in [0, 0.1) is 6.92 Å². The van der Waals surface area contributed by atoms with Gasteiger partial charge in [0.2, 0.25) is 0 Å². The Labute approximate surface area is 410 Å². The number of piperidine rings is 2. The van der Waals surface area contributed by atoms with Crippen LogP contribution >= 0.6 is 23.5 Å². The van der Waals surface area contributed by atoms with E-state index in [0.29, 0.717) is 5.75 Å². The van der Waals surface area contributed by atoms with E-state index in [-0.39, 0.29) is 0 Å². The van der Waals surface area contributed by atoms with Gasteiger partial charge in [0.05, 0.1) is 11.4 Å². The molecule has 0 spiro atoms. The van der Waals surface area contributed by atoms with Gasteiger partial charge >= 0.3 is 0 Å². The van der Waals surface area contributed by atoms with Gasteiger partial charge in [0.25, 0.3) is 0 Å². The molecule has 0 unspecified atom stereocenters. The van der Waals surface area contributed by atoms with E-state index in [1.807, 2.05) is 35.7 Å². The number of phenolic OH excluding ortho intramolecular Hbond substituents is 1. The molecule has 6 heterocycles. The maximum atomic E-state index is 10.2. The Kier molecular flexibility index (Phi) is 13.6. The molecule has 2 aromatic heterocycles. The molecule has 9 heteroatoms. The van der Waals surface area contributed by atoms with Gasteiger partial charge in [-0.2, -0.15) is 0 Å². The van der Waals surface area contributed by atoms with E-state index in [2.05, 4.69) is 141 Å². The Bertz CT molecular complexity index is 2810. The monoisotopic (exact) mass is 938 g/mol. The van der Waals surface area contributed by atoms with Gasteiger partial charge in [0, 0.05) is 80.4 Å². The van der Waals surface area contributed by atoms with Crippen LogP contribution in [0.4, 0.5) is 0 Å². The summed E-state index contributed by atoms with van der Waals surface area (Å²) in [7, 11) is 0. The third-order valence-corrected chi connectivity index (χ3v) is 16.5. The Balaban J connectivity index is 0.000000149. The van der Waals surface area contributed by atoms with Gasteiger partial charge in [-0.1, -0.05) is 85.1 Å². The molecule has 0 aliphatic carbocycles. The summed E-state index contributed by atoms with van der Waals surface area (Å²) in [5.41, 5.74) is 14.5. The minimum atomic E-state index is 0.322. The number of phenols is 1. The van der Waals surface area contributed by atoms with E-state index in [0.717, 1.165) is 67.8 Å². The zero-order chi connectivity index (χ0) is 45.8. The van der Waals surface area contributed by atoms with E-state index < -0.39 is 0 Å². The predicted molar refractivity (Wildman–Crippen MR) is 283 cm³/mol. The first kappa shape index (κ1) is 44.9. The molecule has 0 radical (unpaired) electrons. The van der Waals surface area contributed by atoms with Crippen molar-refractivity contribution in [2.24, 2.45) is 0 Å². The first-order valence-corrected chi connectivity index (χ1v) is 26.8. The van der Waals surface area contributed by atoms with Crippen LogP contribution in [0.3, 0.4) is 0 Å². The Morgan fingerprint density at radius 3 is 1.46 bits per heavy atom. The zero-order valence-corrected chi connectivity index (χ0v) is 40.9. The van der Waals surface area contributed by atoms with Gasteiger partial charge in [0.15, 0.2) is 0 Å². The number of fused-ring (bicyclic) bond motifs is 10. The van der Waals surface area contributed by atoms with Crippen molar-refractivity contribution in [1.82, 2.24) is 18.9 Å². The van der Waals surface area contributed by atoms with E-state index >= 15 is 0 Å². The smallest absolute Gasteiger partial charge is 0.119 e. The average Bonchev–Trinajstić information content (AvgIpc) is 3.86. The number of benzene rings is 6. The normalized spacial score (nSPS) is 15.8. The van der Waals surface area contributed by atoms with Gasteiger partial charge in [-0.05, 0) is 148 Å². The highest BCUT2D eigenvalue weighted by atomic mass is 32.2. The van der Waals surface area contributed by atoms with E-state index in [9.17, 15) is 5.11 Å². The van der Waals surface area contributed by atoms with Gasteiger partial charge in [-0.25, -0.2) is 0 Å². The summed E-state index contributed by atoms with van der Waals surface area (Å²) in [6, 6.07) is 47.4. The summed E-state index contributed by atoms with van der Waals surface area (Å²) in [4.78, 5) is 7.73. The maximum Gasteiger partial charge on any atom is 0.119 e. The Morgan fingerprint density at radius 1 is 0.500 bits per heavy atom. The molecule has 0 saturated carbocycles. The lowest BCUT2D eigenvalue weighted by Crippen LogP contribution is -2.33. The van der Waals surface area contributed by atoms with Crippen molar-refractivity contribution in [1.29, 1.82) is 0 Å². The quantitative estimate of drug-likeness (QED) is 0.131. The van der Waals surface area contributed by atoms with Gasteiger partial charge in [-0.15, -0.1) is 23.5 Å². The Hall–Kier alpha value is -5.58. The van der Waals surface area contributed by atoms with Gasteiger partial charge < -0.3 is 23.7 Å². The van der Waals surface area contributed by atoms with Crippen molar-refractivity contribution in [3.8, 4) is 39.8 Å². The molecule has 6 aromatic carbocycles. The number of hydrogen-bond acceptors (Lipinski definition) is 7. The molecule has 2 fully saturated rings. The molecule has 348 valence electrons. The molecule has 8 aromatic rings. The molecule has 68 heavy (non-hydrogen) atoms. The molecule has 0 atom stereocenters. The molecule has 2 saturated heterocycles. The number of rotatable bonds is 12. The average molecular weight is 939 g/mol. The van der Waals surface area contributed by atoms with Crippen LogP contribution in [-0.2, 0) is 24.6 Å². The van der Waals surface area contributed by atoms with Crippen molar-refractivity contribution in [3.63, 3.8) is 0 Å². The summed E-state index contributed by atoms with van der Waals surface area (Å²) >= 11 is 3.83. The molecular weight excluding hydrogens is 877 g/mol. The molecule has 0 bridgehead atoms. The van der Waals surface area contributed by atoms with Crippen LogP contribution in [0.1, 0.15) is 66.3 Å². The fourth-order valence-electron chi connectivity index (χ4n) is 10.8. The fraction of sp³-hybridized carbons (Fsp3) is 0.322. The highest BCUT2D eigenvalue weighted by Gasteiger charge is 2.27. The van der Waals surface area contributed by atoms with E-state index in [1.54, 1.807) is 6.07 Å². The van der Waals surface area contributed by atoms with E-state index in [4.69, 9.17) is 9.47 Å². The van der Waals surface area contributed by atoms with Gasteiger partial charge in [0.1, 0.15) is 30.5 Å². The van der Waals surface area contributed by atoms with Crippen molar-refractivity contribution >= 4 is 45.3 Å². The number of nitrogens with zero attached hydrogens (tertiary/aromatic N) is 4. The van der Waals surface area contributed by atoms with Crippen LogP contribution < -0.4 is 9.47 Å². The van der Waals surface area contributed by atoms with Crippen LogP contribution in [0.2, 0.25) is 0 Å². The lowest BCUT2D eigenvalue weighted by molar-refractivity contribution is 0.183. The molecule has 0 amide bonds. The fourth-order valence-corrected chi connectivity index (χ4v) is 12.9. The predicted octanol–water partition coefficient (Wildman–Crippen LogP) is 13.7. The van der Waals surface area contributed by atoms with Crippen LogP contribution in [0.25, 0.3) is 44.3 Å². The number of aryl methyl sites for hydroxylation is 1. The minimum absolute atomic E-state index is 0.322. The number of ether oxygens (including phenoxy) is 2. The first-order chi connectivity index (χ1) is 33.5. The second-order valence-electron chi connectivity index (χ2n) is 18.9. The standard InChI is InChI=1S/C30H32N2OS.C29H30N2O2S/c1-22-9-14-28-26(19-22)27-21-34-29-8-4-3-7-25(29)30(27)32(28)20-23-10-12-24(13-11-23)33-18-17-31-15-5-2-6-16-31;32-22-10-13-27-25(18-22)26-20-34-28-7-3-2-6-24(28)29(26)31(27)19-21-8-11-23(12-9-21)33-17-16-30-14-4-1-5-15-30/h3-4,7-14,19H,2,5-6,15-18,20-21H2,1H3;2-3,6-13,18,32H,1,4-5,14-17,19-20H2. The number of thioether (sulfide) groups is 2. The molecular formula is C59H62N4O3S2. The highest BCUT2D eigenvalue weighted by Crippen LogP contribution is 2.48. The van der Waals surface area contributed by atoms with E-state index in [1.165, 1.54) is 141 Å². The molecule has 12 rings (SSSR count). The summed E-state index contributed by atoms with van der Waals surface area (Å²) in [6.45, 7) is 12.2. The molecule has 7 nitrogen and oxygen atoms in total. The molecule has 4 aliphatic rings. The lowest BCUT2D eigenvalue weighted by Gasteiger charge is -2.26. The number of aromatic hydroxyl groups is 1. The molecule has 1 N–H and O–H groups in total. The summed E-state index contributed by atoms with van der Waals surface area (Å²) in [6.07, 6.45) is 8.03. The largest absolute Gasteiger partial charge is 0.508 e. The SMILES string of the molecule is Cc1ccc2c(c1)c1c(n2Cc2ccc(OCCN3CCCCC3)cc2)-c2ccccc2SC1.Oc1ccc2c(c1)c1c(n2Cc2ccc(OCCN3CCCCC3)cc2)-c2ccccc2SC1. The summed E-state index contributed by atoms with van der Waals surface area (Å²) in [5, 5.41) is 12.7. The second-order valence-corrected chi connectivity index (χ2v) is 20.9. The van der Waals surface area contributed by atoms with Crippen molar-refractivity contribution in [2.75, 3.05) is 52.5 Å². The third-order valence-electron chi connectivity index (χ3n) is 14.3. The highest BCUT2D eigenvalue weighted by molar-refractivity contribution is 7.99. The number of likely N-dealkylation sites (tertiary alicyclic amines) is 2. The van der Waals surface area contributed by atoms with Crippen LogP contribution in [0.15, 0.2) is 143 Å². The number of hydrogen-bond donors (Lipinski definition) is 1. The van der Waals surface area contributed by atoms with Gasteiger partial charge in [-0.3, -0.25) is 9.80 Å². The van der Waals surface area contributed by atoms with Crippen molar-refractivity contribution in [3.05, 3.63) is 161 Å². The molecule has 4 aliphatic heterocycles. The van der Waals surface area contributed by atoms with Crippen LogP contribution in [0.5, 0.6) is 17.2 Å². The topological polar surface area (TPSA) is 55.0 Å².